The molecule has 2 unspecified atom stereocenters. The maximum atomic E-state index is 9.63. The molecule has 1 saturated carbocycles. The van der Waals surface area contributed by atoms with Crippen LogP contribution in [0.25, 0.3) is 0 Å². The number of benzene rings is 1. The third kappa shape index (κ3) is 4.37. The molecule has 2 rings (SSSR count). The first-order chi connectivity index (χ1) is 9.19. The Labute approximate surface area is 119 Å². The summed E-state index contributed by atoms with van der Waals surface area (Å²) in [5.41, 5.74) is 1.15. The first-order valence-electron chi connectivity index (χ1n) is 6.90. The van der Waals surface area contributed by atoms with Crippen LogP contribution in [0.4, 0.5) is 0 Å². The van der Waals surface area contributed by atoms with Gasteiger partial charge in [0.15, 0.2) is 0 Å². The third-order valence-corrected chi connectivity index (χ3v) is 4.03. The van der Waals surface area contributed by atoms with Crippen LogP contribution in [0.2, 0.25) is 5.02 Å². The Morgan fingerprint density at radius 2 is 2.26 bits per heavy atom. The van der Waals surface area contributed by atoms with E-state index >= 15 is 0 Å². The molecule has 1 aliphatic carbocycles. The zero-order chi connectivity index (χ0) is 13.7. The molecule has 1 aromatic carbocycles. The molecule has 3 nitrogen and oxygen atoms in total. The molecule has 2 N–H and O–H groups in total. The van der Waals surface area contributed by atoms with E-state index in [1.807, 2.05) is 18.2 Å². The van der Waals surface area contributed by atoms with Gasteiger partial charge in [-0.05, 0) is 49.4 Å². The number of rotatable bonds is 5. The number of aliphatic hydroxyl groups excluding tert-OH is 1. The van der Waals surface area contributed by atoms with Crippen LogP contribution in [0.3, 0.4) is 0 Å². The number of hydrogen-bond acceptors (Lipinski definition) is 3. The van der Waals surface area contributed by atoms with Crippen LogP contribution in [-0.4, -0.2) is 24.9 Å². The van der Waals surface area contributed by atoms with Gasteiger partial charge in [0.05, 0.1) is 18.2 Å². The molecule has 0 aromatic heterocycles. The highest BCUT2D eigenvalue weighted by Crippen LogP contribution is 2.25. The van der Waals surface area contributed by atoms with Gasteiger partial charge in [-0.2, -0.15) is 0 Å². The Morgan fingerprint density at radius 3 is 2.95 bits per heavy atom. The highest BCUT2D eigenvalue weighted by Gasteiger charge is 2.19. The minimum absolute atomic E-state index is 0.101. The molecular weight excluding hydrogens is 262 g/mol. The van der Waals surface area contributed by atoms with Gasteiger partial charge in [0.1, 0.15) is 5.75 Å². The molecule has 0 heterocycles. The number of methoxy groups -OCH3 is 1. The lowest BCUT2D eigenvalue weighted by Gasteiger charge is -2.26. The molecule has 0 amide bonds. The van der Waals surface area contributed by atoms with Crippen LogP contribution in [-0.2, 0) is 6.54 Å². The van der Waals surface area contributed by atoms with Gasteiger partial charge in [-0.1, -0.05) is 24.1 Å². The molecule has 1 aliphatic rings. The average Bonchev–Trinajstić information content (AvgIpc) is 2.39. The molecule has 0 bridgehead atoms. The van der Waals surface area contributed by atoms with E-state index in [0.29, 0.717) is 16.7 Å². The summed E-state index contributed by atoms with van der Waals surface area (Å²) in [6, 6.07) is 5.85. The van der Waals surface area contributed by atoms with Crippen molar-refractivity contribution in [1.82, 2.24) is 5.32 Å². The minimum atomic E-state index is -0.101. The smallest absolute Gasteiger partial charge is 0.137 e. The van der Waals surface area contributed by atoms with E-state index in [9.17, 15) is 5.11 Å². The Balaban J connectivity index is 1.77. The number of halogens is 1. The maximum Gasteiger partial charge on any atom is 0.137 e. The number of ether oxygens (including phenoxy) is 1. The van der Waals surface area contributed by atoms with Gasteiger partial charge >= 0.3 is 0 Å². The zero-order valence-electron chi connectivity index (χ0n) is 11.4. The summed E-state index contributed by atoms with van der Waals surface area (Å²) in [6.07, 6.45) is 4.15. The van der Waals surface area contributed by atoms with E-state index in [-0.39, 0.29) is 6.10 Å². The summed E-state index contributed by atoms with van der Waals surface area (Å²) in [5, 5.41) is 13.7. The van der Waals surface area contributed by atoms with E-state index < -0.39 is 0 Å². The van der Waals surface area contributed by atoms with Crippen molar-refractivity contribution in [3.05, 3.63) is 28.8 Å². The van der Waals surface area contributed by atoms with Crippen molar-refractivity contribution in [2.24, 2.45) is 5.92 Å². The molecule has 0 radical (unpaired) electrons. The standard InChI is InChI=1S/C15H22ClNO2/c1-19-15-6-5-12(8-14(15)16)10-17-9-11-3-2-4-13(18)7-11/h5-6,8,11,13,17-18H,2-4,7,9-10H2,1H3. The van der Waals surface area contributed by atoms with E-state index in [1.54, 1.807) is 7.11 Å². The van der Waals surface area contributed by atoms with Gasteiger partial charge < -0.3 is 15.2 Å². The second-order valence-electron chi connectivity index (χ2n) is 5.29. The SMILES string of the molecule is COc1ccc(CNCC2CCCC(O)C2)cc1Cl. The summed E-state index contributed by atoms with van der Waals surface area (Å²) in [7, 11) is 1.62. The lowest BCUT2D eigenvalue weighted by Crippen LogP contribution is -2.28. The quantitative estimate of drug-likeness (QED) is 0.873. The first kappa shape index (κ1) is 14.6. The van der Waals surface area contributed by atoms with Gasteiger partial charge in [-0.25, -0.2) is 0 Å². The Morgan fingerprint density at radius 1 is 1.42 bits per heavy atom. The molecule has 4 heteroatoms. The van der Waals surface area contributed by atoms with Crippen LogP contribution < -0.4 is 10.1 Å². The van der Waals surface area contributed by atoms with Crippen LogP contribution in [0, 0.1) is 5.92 Å². The fraction of sp³-hybridized carbons (Fsp3) is 0.600. The van der Waals surface area contributed by atoms with E-state index in [4.69, 9.17) is 16.3 Å². The van der Waals surface area contributed by atoms with Crippen molar-refractivity contribution in [3.63, 3.8) is 0 Å². The monoisotopic (exact) mass is 283 g/mol. The molecule has 0 aliphatic heterocycles. The minimum Gasteiger partial charge on any atom is -0.495 e. The van der Waals surface area contributed by atoms with Gasteiger partial charge in [0.2, 0.25) is 0 Å². The molecular formula is C15H22ClNO2. The highest BCUT2D eigenvalue weighted by atomic mass is 35.5. The van der Waals surface area contributed by atoms with Crippen molar-refractivity contribution in [2.75, 3.05) is 13.7 Å². The van der Waals surface area contributed by atoms with E-state index in [0.717, 1.165) is 37.9 Å². The molecule has 1 fully saturated rings. The number of aliphatic hydroxyl groups is 1. The summed E-state index contributed by atoms with van der Waals surface area (Å²) >= 11 is 6.09. The Bertz CT molecular complexity index is 411. The van der Waals surface area contributed by atoms with Gasteiger partial charge in [0.25, 0.3) is 0 Å². The van der Waals surface area contributed by atoms with E-state index in [1.165, 1.54) is 6.42 Å². The Kier molecular flexibility index (Phi) is 5.49. The third-order valence-electron chi connectivity index (χ3n) is 3.73. The van der Waals surface area contributed by atoms with Crippen LogP contribution >= 0.6 is 11.6 Å². The molecule has 0 saturated heterocycles. The van der Waals surface area contributed by atoms with E-state index in [2.05, 4.69) is 5.32 Å². The Hall–Kier alpha value is -0.770. The zero-order valence-corrected chi connectivity index (χ0v) is 12.1. The largest absolute Gasteiger partial charge is 0.495 e. The van der Waals surface area contributed by atoms with Crippen molar-refractivity contribution >= 4 is 11.6 Å². The summed E-state index contributed by atoms with van der Waals surface area (Å²) in [4.78, 5) is 0. The predicted octanol–water partition coefficient (Wildman–Crippen LogP) is 2.99. The summed E-state index contributed by atoms with van der Waals surface area (Å²) in [6.45, 7) is 1.76. The number of hydrogen-bond donors (Lipinski definition) is 2. The normalized spacial score (nSPS) is 23.3. The molecule has 1 aromatic rings. The molecule has 0 spiro atoms. The lowest BCUT2D eigenvalue weighted by molar-refractivity contribution is 0.101. The second-order valence-corrected chi connectivity index (χ2v) is 5.69. The lowest BCUT2D eigenvalue weighted by atomic mass is 9.87. The van der Waals surface area contributed by atoms with Crippen LogP contribution in [0.5, 0.6) is 5.75 Å². The topological polar surface area (TPSA) is 41.5 Å². The molecule has 106 valence electrons. The molecule has 19 heavy (non-hydrogen) atoms. The summed E-state index contributed by atoms with van der Waals surface area (Å²) in [5.74, 6) is 1.30. The van der Waals surface area contributed by atoms with Crippen LogP contribution in [0.15, 0.2) is 18.2 Å². The second kappa shape index (κ2) is 7.13. The van der Waals surface area contributed by atoms with Gasteiger partial charge in [0, 0.05) is 6.54 Å². The van der Waals surface area contributed by atoms with Crippen molar-refractivity contribution in [2.45, 2.75) is 38.3 Å². The fourth-order valence-electron chi connectivity index (χ4n) is 2.69. The van der Waals surface area contributed by atoms with Crippen molar-refractivity contribution < 1.29 is 9.84 Å². The maximum absolute atomic E-state index is 9.63. The van der Waals surface area contributed by atoms with Crippen molar-refractivity contribution in [3.8, 4) is 5.75 Å². The van der Waals surface area contributed by atoms with Gasteiger partial charge in [-0.15, -0.1) is 0 Å². The molecule has 2 atom stereocenters. The number of nitrogens with one attached hydrogen (secondary N) is 1. The van der Waals surface area contributed by atoms with Crippen molar-refractivity contribution in [1.29, 1.82) is 0 Å². The summed E-state index contributed by atoms with van der Waals surface area (Å²) < 4.78 is 5.13. The highest BCUT2D eigenvalue weighted by molar-refractivity contribution is 6.32. The van der Waals surface area contributed by atoms with Crippen LogP contribution in [0.1, 0.15) is 31.2 Å². The first-order valence-corrected chi connectivity index (χ1v) is 7.28. The van der Waals surface area contributed by atoms with Gasteiger partial charge in [-0.3, -0.25) is 0 Å². The fourth-order valence-corrected chi connectivity index (χ4v) is 2.97. The average molecular weight is 284 g/mol. The predicted molar refractivity (Wildman–Crippen MR) is 77.7 cm³/mol.